The molecule has 186 valence electrons. The number of nitrogens with one attached hydrogen (secondary N) is 1. The van der Waals surface area contributed by atoms with Gasteiger partial charge in [-0.3, -0.25) is 14.2 Å². The Kier molecular flexibility index (Phi) is 5.47. The molecule has 9 heteroatoms. The van der Waals surface area contributed by atoms with Gasteiger partial charge in [0.2, 0.25) is 0 Å². The van der Waals surface area contributed by atoms with E-state index in [0.717, 1.165) is 6.07 Å². The molecule has 1 fully saturated rings. The van der Waals surface area contributed by atoms with Gasteiger partial charge in [-0.15, -0.1) is 0 Å². The first-order valence-corrected chi connectivity index (χ1v) is 12.1. The lowest BCUT2D eigenvalue weighted by Gasteiger charge is -2.33. The third-order valence-corrected chi connectivity index (χ3v) is 7.31. The van der Waals surface area contributed by atoms with E-state index in [9.17, 15) is 18.8 Å². The molecule has 1 saturated heterocycles. The fourth-order valence-electron chi connectivity index (χ4n) is 5.32. The summed E-state index contributed by atoms with van der Waals surface area (Å²) >= 11 is 6.18. The van der Waals surface area contributed by atoms with Crippen molar-refractivity contribution in [3.05, 3.63) is 105 Å². The Morgan fingerprint density at radius 1 is 1.03 bits per heavy atom. The van der Waals surface area contributed by atoms with E-state index in [1.165, 1.54) is 47.2 Å². The van der Waals surface area contributed by atoms with Gasteiger partial charge in [0.25, 0.3) is 5.91 Å². The molecule has 0 bridgehead atoms. The summed E-state index contributed by atoms with van der Waals surface area (Å²) in [5.74, 6) is -3.57. The van der Waals surface area contributed by atoms with Gasteiger partial charge in [-0.25, -0.2) is 13.6 Å². The minimum Gasteiger partial charge on any atom is -0.450 e. The van der Waals surface area contributed by atoms with Crippen molar-refractivity contribution in [1.29, 1.82) is 0 Å². The fourth-order valence-corrected chi connectivity index (χ4v) is 5.49. The number of carbonyl (C=O) groups is 3. The van der Waals surface area contributed by atoms with Gasteiger partial charge in [0.1, 0.15) is 17.2 Å². The second-order valence-electron chi connectivity index (χ2n) is 9.20. The molecular formula is C28H19ClF2N2O4. The van der Waals surface area contributed by atoms with Crippen LogP contribution in [0.25, 0.3) is 10.9 Å². The highest BCUT2D eigenvalue weighted by atomic mass is 35.5. The molecule has 1 aromatic heterocycles. The number of hydrogen-bond acceptors (Lipinski definition) is 5. The number of fused-ring (bicyclic) bond motifs is 3. The smallest absolute Gasteiger partial charge is 0.340 e. The number of halogens is 3. The lowest BCUT2D eigenvalue weighted by atomic mass is 9.82. The summed E-state index contributed by atoms with van der Waals surface area (Å²) in [5, 5.41) is 3.85. The van der Waals surface area contributed by atoms with Crippen molar-refractivity contribution in [2.24, 2.45) is 0 Å². The molecule has 1 spiro atoms. The first-order valence-electron chi connectivity index (χ1n) is 11.7. The van der Waals surface area contributed by atoms with Gasteiger partial charge in [0.15, 0.2) is 5.78 Å². The zero-order valence-corrected chi connectivity index (χ0v) is 20.1. The zero-order chi connectivity index (χ0) is 25.9. The van der Waals surface area contributed by atoms with E-state index in [1.807, 2.05) is 0 Å². The van der Waals surface area contributed by atoms with Crippen LogP contribution in [0.1, 0.15) is 55.0 Å². The minimum absolute atomic E-state index is 0.00257. The number of carbonyl (C=O) groups excluding carboxylic acids is 3. The van der Waals surface area contributed by atoms with E-state index >= 15 is 4.39 Å². The number of ketones is 1. The van der Waals surface area contributed by atoms with Crippen LogP contribution in [-0.4, -0.2) is 35.3 Å². The standard InChI is InChI=1S/C28H19ClF2N2O4/c29-16-4-5-18-19(14-33(22(18)13-16)26(35)15-2-1-3-17(30)12-15)25(34)24-21(31)7-6-20-23(24)27(36)37-28(20)8-10-32-11-9-28/h1-7,12-14,32H,8-11H2. The second kappa shape index (κ2) is 8.61. The topological polar surface area (TPSA) is 77.4 Å². The van der Waals surface area contributed by atoms with Crippen molar-refractivity contribution in [3.63, 3.8) is 0 Å². The number of piperidine rings is 1. The van der Waals surface area contributed by atoms with Crippen LogP contribution in [0, 0.1) is 11.6 Å². The Morgan fingerprint density at radius 2 is 1.81 bits per heavy atom. The van der Waals surface area contributed by atoms with Crippen molar-refractivity contribution in [2.45, 2.75) is 18.4 Å². The van der Waals surface area contributed by atoms with Gasteiger partial charge in [0, 0.05) is 46.1 Å². The Morgan fingerprint density at radius 3 is 2.57 bits per heavy atom. The van der Waals surface area contributed by atoms with Crippen molar-refractivity contribution in [3.8, 4) is 0 Å². The summed E-state index contributed by atoms with van der Waals surface area (Å²) < 4.78 is 36.0. The summed E-state index contributed by atoms with van der Waals surface area (Å²) in [4.78, 5) is 40.2. The Labute approximate surface area is 214 Å². The molecule has 0 saturated carbocycles. The van der Waals surface area contributed by atoms with Gasteiger partial charge in [-0.1, -0.05) is 29.8 Å². The monoisotopic (exact) mass is 520 g/mol. The van der Waals surface area contributed by atoms with Crippen molar-refractivity contribution < 1.29 is 27.9 Å². The minimum atomic E-state index is -0.907. The average molecular weight is 521 g/mol. The van der Waals surface area contributed by atoms with Crippen LogP contribution in [0.3, 0.4) is 0 Å². The van der Waals surface area contributed by atoms with Gasteiger partial charge in [0.05, 0.1) is 16.6 Å². The highest BCUT2D eigenvalue weighted by Gasteiger charge is 2.48. The highest BCUT2D eigenvalue weighted by Crippen LogP contribution is 2.45. The van der Waals surface area contributed by atoms with Crippen LogP contribution >= 0.6 is 11.6 Å². The predicted octanol–water partition coefficient (Wildman–Crippen LogP) is 5.24. The largest absolute Gasteiger partial charge is 0.450 e. The molecule has 0 aliphatic carbocycles. The average Bonchev–Trinajstić information content (AvgIpc) is 3.38. The Hall–Kier alpha value is -3.88. The number of benzene rings is 3. The molecule has 0 atom stereocenters. The van der Waals surface area contributed by atoms with Crippen LogP contribution in [0.15, 0.2) is 60.8 Å². The molecule has 2 aliphatic rings. The van der Waals surface area contributed by atoms with E-state index in [4.69, 9.17) is 16.3 Å². The normalized spacial score (nSPS) is 16.1. The molecule has 0 amide bonds. The molecule has 6 rings (SSSR count). The molecule has 0 unspecified atom stereocenters. The Balaban J connectivity index is 1.53. The van der Waals surface area contributed by atoms with Crippen LogP contribution in [0.5, 0.6) is 0 Å². The summed E-state index contributed by atoms with van der Waals surface area (Å²) in [6.07, 6.45) is 2.28. The number of hydrogen-bond donors (Lipinski definition) is 1. The van der Waals surface area contributed by atoms with Crippen molar-refractivity contribution in [2.75, 3.05) is 13.1 Å². The van der Waals surface area contributed by atoms with Gasteiger partial charge in [-0.05, 0) is 49.5 Å². The third-order valence-electron chi connectivity index (χ3n) is 7.08. The molecule has 3 aromatic carbocycles. The molecule has 2 aliphatic heterocycles. The van der Waals surface area contributed by atoms with Crippen LogP contribution < -0.4 is 5.32 Å². The predicted molar refractivity (Wildman–Crippen MR) is 132 cm³/mol. The maximum absolute atomic E-state index is 15.3. The molecule has 0 radical (unpaired) electrons. The zero-order valence-electron chi connectivity index (χ0n) is 19.3. The summed E-state index contributed by atoms with van der Waals surface area (Å²) in [7, 11) is 0. The van der Waals surface area contributed by atoms with Gasteiger partial charge < -0.3 is 10.1 Å². The summed E-state index contributed by atoms with van der Waals surface area (Å²) in [6, 6.07) is 12.4. The van der Waals surface area contributed by atoms with Crippen molar-refractivity contribution in [1.82, 2.24) is 9.88 Å². The van der Waals surface area contributed by atoms with Crippen LogP contribution in [0.4, 0.5) is 8.78 Å². The van der Waals surface area contributed by atoms with E-state index in [0.29, 0.717) is 41.9 Å². The first kappa shape index (κ1) is 23.5. The molecule has 3 heterocycles. The lowest BCUT2D eigenvalue weighted by molar-refractivity contribution is -0.0242. The highest BCUT2D eigenvalue weighted by molar-refractivity contribution is 6.32. The number of nitrogens with zero attached hydrogens (tertiary/aromatic N) is 1. The fraction of sp³-hybridized carbons (Fsp3) is 0.179. The van der Waals surface area contributed by atoms with E-state index in [1.54, 1.807) is 12.1 Å². The molecule has 6 nitrogen and oxygen atoms in total. The Bertz CT molecular complexity index is 1640. The second-order valence-corrected chi connectivity index (χ2v) is 9.63. The molecule has 1 N–H and O–H groups in total. The lowest BCUT2D eigenvalue weighted by Crippen LogP contribution is -2.40. The van der Waals surface area contributed by atoms with Gasteiger partial charge in [-0.2, -0.15) is 0 Å². The van der Waals surface area contributed by atoms with Crippen molar-refractivity contribution >= 4 is 40.2 Å². The number of esters is 1. The van der Waals surface area contributed by atoms with Gasteiger partial charge >= 0.3 is 5.97 Å². The van der Waals surface area contributed by atoms with E-state index < -0.39 is 40.5 Å². The first-order chi connectivity index (χ1) is 17.8. The van der Waals surface area contributed by atoms with Crippen LogP contribution in [0.2, 0.25) is 5.02 Å². The maximum atomic E-state index is 15.3. The number of rotatable bonds is 3. The number of aromatic nitrogens is 1. The molecule has 4 aromatic rings. The maximum Gasteiger partial charge on any atom is 0.340 e. The van der Waals surface area contributed by atoms with E-state index in [-0.39, 0.29) is 22.2 Å². The summed E-state index contributed by atoms with van der Waals surface area (Å²) in [5.41, 5.74) is -0.554. The molecule has 37 heavy (non-hydrogen) atoms. The SMILES string of the molecule is O=C1OC2(CCNCC2)c2ccc(F)c(C(=O)c3cn(C(=O)c4cccc(F)c4)c4cc(Cl)ccc34)c21. The molecular weight excluding hydrogens is 502 g/mol. The summed E-state index contributed by atoms with van der Waals surface area (Å²) in [6.45, 7) is 1.23. The van der Waals surface area contributed by atoms with E-state index in [2.05, 4.69) is 5.32 Å². The van der Waals surface area contributed by atoms with Crippen LogP contribution in [-0.2, 0) is 10.3 Å². The third kappa shape index (κ3) is 3.67. The number of ether oxygens (including phenoxy) is 1. The quantitative estimate of drug-likeness (QED) is 0.295.